The van der Waals surface area contributed by atoms with Crippen LogP contribution in [0.15, 0.2) is 0 Å². The summed E-state index contributed by atoms with van der Waals surface area (Å²) < 4.78 is 10.6. The molecule has 0 aromatic carbocycles. The average molecular weight is 267 g/mol. The van der Waals surface area contributed by atoms with Crippen molar-refractivity contribution in [2.24, 2.45) is 5.92 Å². The highest BCUT2D eigenvalue weighted by Crippen LogP contribution is 2.19. The molecule has 0 amide bonds. The largest absolute Gasteiger partial charge is 0.464 e. The van der Waals surface area contributed by atoms with Crippen molar-refractivity contribution in [3.05, 3.63) is 0 Å². The summed E-state index contributed by atoms with van der Waals surface area (Å²) in [6.45, 7) is 4.94. The van der Waals surface area contributed by atoms with E-state index in [-0.39, 0.29) is 12.0 Å². The van der Waals surface area contributed by atoms with Gasteiger partial charge >= 0.3 is 6.01 Å². The second kappa shape index (κ2) is 6.51. The third kappa shape index (κ3) is 3.92. The lowest BCUT2D eigenvalue weighted by atomic mass is 10.0. The first-order valence-electron chi connectivity index (χ1n) is 6.62. The van der Waals surface area contributed by atoms with Gasteiger partial charge in [-0.2, -0.15) is 15.0 Å². The highest BCUT2D eigenvalue weighted by atomic mass is 16.5. The Kier molecular flexibility index (Phi) is 4.73. The van der Waals surface area contributed by atoms with E-state index in [2.05, 4.69) is 15.0 Å². The minimum Gasteiger partial charge on any atom is -0.464 e. The number of nitrogen functional groups attached to an aromatic ring is 1. The van der Waals surface area contributed by atoms with Gasteiger partial charge < -0.3 is 20.1 Å². The predicted octanol–water partition coefficient (Wildman–Crippen LogP) is 0.715. The predicted molar refractivity (Wildman–Crippen MR) is 72.2 cm³/mol. The molecule has 0 aliphatic carbocycles. The summed E-state index contributed by atoms with van der Waals surface area (Å²) in [6, 6.07) is 0.281. The number of rotatable bonds is 5. The molecule has 19 heavy (non-hydrogen) atoms. The second-order valence-corrected chi connectivity index (χ2v) is 4.65. The van der Waals surface area contributed by atoms with Gasteiger partial charge in [-0.3, -0.25) is 0 Å². The Hall–Kier alpha value is -1.63. The van der Waals surface area contributed by atoms with E-state index < -0.39 is 0 Å². The topological polar surface area (TPSA) is 86.4 Å². The third-order valence-electron chi connectivity index (χ3n) is 3.11. The molecule has 1 aromatic heterocycles. The molecule has 0 radical (unpaired) electrons. The minimum atomic E-state index is 0.187. The zero-order valence-electron chi connectivity index (χ0n) is 11.5. The fraction of sp³-hybridized carbons (Fsp3) is 0.750. The first kappa shape index (κ1) is 13.8. The van der Waals surface area contributed by atoms with Crippen LogP contribution in [0, 0.1) is 5.92 Å². The van der Waals surface area contributed by atoms with Crippen molar-refractivity contribution < 1.29 is 9.47 Å². The highest BCUT2D eigenvalue weighted by Gasteiger charge is 2.18. The number of ether oxygens (including phenoxy) is 2. The fourth-order valence-corrected chi connectivity index (χ4v) is 2.12. The van der Waals surface area contributed by atoms with Crippen LogP contribution < -0.4 is 15.4 Å². The van der Waals surface area contributed by atoms with Crippen LogP contribution in [0.2, 0.25) is 0 Å². The number of nitrogens with two attached hydrogens (primary N) is 1. The van der Waals surface area contributed by atoms with E-state index in [1.807, 2.05) is 18.9 Å². The molecule has 2 rings (SSSR count). The van der Waals surface area contributed by atoms with Gasteiger partial charge in [0.2, 0.25) is 11.9 Å². The number of nitrogens with zero attached hydrogens (tertiary/aromatic N) is 4. The smallest absolute Gasteiger partial charge is 0.323 e. The Balaban J connectivity index is 2.02. The van der Waals surface area contributed by atoms with Gasteiger partial charge in [-0.25, -0.2) is 0 Å². The maximum absolute atomic E-state index is 5.67. The molecule has 2 N–H and O–H groups in total. The van der Waals surface area contributed by atoms with Gasteiger partial charge in [0.05, 0.1) is 6.61 Å². The fourth-order valence-electron chi connectivity index (χ4n) is 2.12. The summed E-state index contributed by atoms with van der Waals surface area (Å²) in [5.41, 5.74) is 5.67. The van der Waals surface area contributed by atoms with Crippen LogP contribution in [0.3, 0.4) is 0 Å². The summed E-state index contributed by atoms with van der Waals surface area (Å²) in [6.07, 6.45) is 2.15. The Morgan fingerprint density at radius 2 is 2.05 bits per heavy atom. The molecule has 0 bridgehead atoms. The zero-order valence-corrected chi connectivity index (χ0v) is 11.5. The van der Waals surface area contributed by atoms with Crippen molar-refractivity contribution in [3.63, 3.8) is 0 Å². The maximum atomic E-state index is 5.67. The number of aromatic nitrogens is 3. The Morgan fingerprint density at radius 1 is 1.32 bits per heavy atom. The van der Waals surface area contributed by atoms with E-state index in [4.69, 9.17) is 15.2 Å². The molecular formula is C12H21N5O2. The van der Waals surface area contributed by atoms with Gasteiger partial charge in [0, 0.05) is 26.8 Å². The van der Waals surface area contributed by atoms with Crippen LogP contribution in [0.1, 0.15) is 19.8 Å². The SMILES string of the molecule is CCOc1nc(N)nc(N(C)CC2CCOCC2)n1. The van der Waals surface area contributed by atoms with E-state index in [1.54, 1.807) is 0 Å². The Bertz CT molecular complexity index is 409. The van der Waals surface area contributed by atoms with Crippen molar-refractivity contribution >= 4 is 11.9 Å². The van der Waals surface area contributed by atoms with E-state index in [9.17, 15) is 0 Å². The first-order valence-corrected chi connectivity index (χ1v) is 6.62. The van der Waals surface area contributed by atoms with E-state index >= 15 is 0 Å². The number of hydrogen-bond acceptors (Lipinski definition) is 7. The second-order valence-electron chi connectivity index (χ2n) is 4.65. The summed E-state index contributed by atoms with van der Waals surface area (Å²) in [5, 5.41) is 0. The number of hydrogen-bond donors (Lipinski definition) is 1. The average Bonchev–Trinajstić information content (AvgIpc) is 2.39. The summed E-state index contributed by atoms with van der Waals surface area (Å²) in [4.78, 5) is 14.3. The molecule has 1 aliphatic rings. The Morgan fingerprint density at radius 3 is 2.74 bits per heavy atom. The molecule has 1 aromatic rings. The number of anilines is 2. The summed E-state index contributed by atoms with van der Waals surface area (Å²) in [5.74, 6) is 1.35. The van der Waals surface area contributed by atoms with E-state index in [1.165, 1.54) is 0 Å². The molecule has 106 valence electrons. The minimum absolute atomic E-state index is 0.187. The maximum Gasteiger partial charge on any atom is 0.323 e. The van der Waals surface area contributed by atoms with Crippen LogP contribution in [-0.2, 0) is 4.74 Å². The van der Waals surface area contributed by atoms with Crippen molar-refractivity contribution in [2.75, 3.05) is 44.0 Å². The lowest BCUT2D eigenvalue weighted by molar-refractivity contribution is 0.0684. The third-order valence-corrected chi connectivity index (χ3v) is 3.11. The molecule has 1 aliphatic heterocycles. The molecule has 7 nitrogen and oxygen atoms in total. The van der Waals surface area contributed by atoms with Gasteiger partial charge in [-0.05, 0) is 25.7 Å². The molecule has 0 atom stereocenters. The van der Waals surface area contributed by atoms with Crippen LogP contribution in [-0.4, -0.2) is 48.4 Å². The highest BCUT2D eigenvalue weighted by molar-refractivity contribution is 5.35. The van der Waals surface area contributed by atoms with Gasteiger partial charge in [-0.1, -0.05) is 0 Å². The normalized spacial score (nSPS) is 16.3. The van der Waals surface area contributed by atoms with Gasteiger partial charge in [0.1, 0.15) is 0 Å². The van der Waals surface area contributed by atoms with E-state index in [0.29, 0.717) is 18.5 Å². The Labute approximate surface area is 113 Å². The van der Waals surface area contributed by atoms with Gasteiger partial charge in [0.15, 0.2) is 0 Å². The molecule has 0 unspecified atom stereocenters. The van der Waals surface area contributed by atoms with Crippen molar-refractivity contribution in [1.29, 1.82) is 0 Å². The van der Waals surface area contributed by atoms with Crippen molar-refractivity contribution in [1.82, 2.24) is 15.0 Å². The van der Waals surface area contributed by atoms with Gasteiger partial charge in [0.25, 0.3) is 0 Å². The lowest BCUT2D eigenvalue weighted by Gasteiger charge is -2.27. The van der Waals surface area contributed by atoms with Crippen LogP contribution in [0.25, 0.3) is 0 Å². The molecule has 0 saturated carbocycles. The molecule has 2 heterocycles. The molecule has 1 fully saturated rings. The zero-order chi connectivity index (χ0) is 13.7. The quantitative estimate of drug-likeness (QED) is 0.840. The first-order chi connectivity index (χ1) is 9.19. The van der Waals surface area contributed by atoms with Gasteiger partial charge in [-0.15, -0.1) is 0 Å². The monoisotopic (exact) mass is 267 g/mol. The standard InChI is InChI=1S/C12H21N5O2/c1-3-19-12-15-10(13)14-11(16-12)17(2)8-9-4-6-18-7-5-9/h9H,3-8H2,1-2H3,(H2,13,14,15,16). The van der Waals surface area contributed by atoms with Crippen LogP contribution in [0.4, 0.5) is 11.9 Å². The molecule has 1 saturated heterocycles. The lowest BCUT2D eigenvalue weighted by Crippen LogP contribution is -2.31. The summed E-state index contributed by atoms with van der Waals surface area (Å²) >= 11 is 0. The molecular weight excluding hydrogens is 246 g/mol. The molecule has 0 spiro atoms. The van der Waals surface area contributed by atoms with Crippen LogP contribution in [0.5, 0.6) is 6.01 Å². The van der Waals surface area contributed by atoms with Crippen molar-refractivity contribution in [2.45, 2.75) is 19.8 Å². The van der Waals surface area contributed by atoms with Crippen molar-refractivity contribution in [3.8, 4) is 6.01 Å². The van der Waals surface area contributed by atoms with Crippen LogP contribution >= 0.6 is 0 Å². The molecule has 7 heteroatoms. The van der Waals surface area contributed by atoms with E-state index in [0.717, 1.165) is 32.6 Å². The summed E-state index contributed by atoms with van der Waals surface area (Å²) in [7, 11) is 1.96.